The summed E-state index contributed by atoms with van der Waals surface area (Å²) < 4.78 is 11.5. The minimum Gasteiger partial charge on any atom is -0.493 e. The highest BCUT2D eigenvalue weighted by molar-refractivity contribution is 9.10. The van der Waals surface area contributed by atoms with Gasteiger partial charge in [0.15, 0.2) is 11.5 Å². The van der Waals surface area contributed by atoms with E-state index in [1.165, 1.54) is 0 Å². The molecule has 0 heterocycles. The lowest BCUT2D eigenvalue weighted by Crippen LogP contribution is -2.13. The lowest BCUT2D eigenvalue weighted by atomic mass is 10.2. The van der Waals surface area contributed by atoms with Gasteiger partial charge in [0.1, 0.15) is 0 Å². The third-order valence-corrected chi connectivity index (χ3v) is 4.05. The maximum absolute atomic E-state index is 6.13. The van der Waals surface area contributed by atoms with Crippen molar-refractivity contribution in [3.05, 3.63) is 57.0 Å². The summed E-state index contributed by atoms with van der Waals surface area (Å²) in [5, 5.41) is 4.15. The Balaban J connectivity index is 2.04. The second-order valence-electron chi connectivity index (χ2n) is 4.51. The smallest absolute Gasteiger partial charge is 0.174 e. The summed E-state index contributed by atoms with van der Waals surface area (Å²) in [6.07, 6.45) is 0. The first-order valence-electron chi connectivity index (χ1n) is 6.50. The zero-order chi connectivity index (χ0) is 15.2. The molecule has 3 nitrogen and oxygen atoms in total. The molecule has 2 aromatic carbocycles. The third-order valence-electron chi connectivity index (χ3n) is 3.10. The third kappa shape index (κ3) is 4.13. The van der Waals surface area contributed by atoms with Gasteiger partial charge in [0.25, 0.3) is 0 Å². The van der Waals surface area contributed by atoms with Crippen molar-refractivity contribution in [2.75, 3.05) is 14.2 Å². The van der Waals surface area contributed by atoms with Crippen LogP contribution in [0.1, 0.15) is 11.1 Å². The molecule has 0 aliphatic rings. The number of ether oxygens (including phenoxy) is 2. The highest BCUT2D eigenvalue weighted by Crippen LogP contribution is 2.36. The van der Waals surface area contributed by atoms with Gasteiger partial charge in [-0.05, 0) is 45.3 Å². The Morgan fingerprint density at radius 1 is 1.10 bits per heavy atom. The first kappa shape index (κ1) is 16.1. The number of hydrogen-bond donors (Lipinski definition) is 1. The van der Waals surface area contributed by atoms with E-state index in [4.69, 9.17) is 21.1 Å². The molecule has 0 saturated heterocycles. The summed E-state index contributed by atoms with van der Waals surface area (Å²) in [7, 11) is 3.25. The Morgan fingerprint density at radius 3 is 2.52 bits per heavy atom. The van der Waals surface area contributed by atoms with Crippen LogP contribution in [0.5, 0.6) is 11.5 Å². The second-order valence-corrected chi connectivity index (χ2v) is 5.77. The summed E-state index contributed by atoms with van der Waals surface area (Å²) in [5.41, 5.74) is 2.19. The highest BCUT2D eigenvalue weighted by atomic mass is 79.9. The Morgan fingerprint density at radius 2 is 1.86 bits per heavy atom. The Hall–Kier alpha value is -1.23. The molecule has 0 radical (unpaired) electrons. The molecule has 0 aromatic heterocycles. The molecule has 0 spiro atoms. The van der Waals surface area contributed by atoms with Crippen LogP contribution >= 0.6 is 27.5 Å². The fourth-order valence-corrected chi connectivity index (χ4v) is 2.91. The van der Waals surface area contributed by atoms with Crippen molar-refractivity contribution >= 4 is 27.5 Å². The minimum absolute atomic E-state index is 0.701. The van der Waals surface area contributed by atoms with E-state index in [1.54, 1.807) is 14.2 Å². The lowest BCUT2D eigenvalue weighted by Gasteiger charge is -2.13. The average Bonchev–Trinajstić information content (AvgIpc) is 2.48. The van der Waals surface area contributed by atoms with Gasteiger partial charge in [-0.1, -0.05) is 29.8 Å². The second kappa shape index (κ2) is 7.69. The number of rotatable bonds is 6. The van der Waals surface area contributed by atoms with Crippen LogP contribution in [-0.4, -0.2) is 14.2 Å². The number of methoxy groups -OCH3 is 2. The zero-order valence-electron chi connectivity index (χ0n) is 12.0. The van der Waals surface area contributed by atoms with Gasteiger partial charge < -0.3 is 14.8 Å². The van der Waals surface area contributed by atoms with Gasteiger partial charge in [-0.15, -0.1) is 0 Å². The van der Waals surface area contributed by atoms with Crippen LogP contribution in [-0.2, 0) is 13.1 Å². The Kier molecular flexibility index (Phi) is 5.91. The highest BCUT2D eigenvalue weighted by Gasteiger charge is 2.10. The van der Waals surface area contributed by atoms with Crippen LogP contribution in [0.15, 0.2) is 40.9 Å². The molecule has 0 bridgehead atoms. The fourth-order valence-electron chi connectivity index (χ4n) is 2.06. The van der Waals surface area contributed by atoms with Crippen molar-refractivity contribution in [3.63, 3.8) is 0 Å². The van der Waals surface area contributed by atoms with E-state index in [0.29, 0.717) is 24.6 Å². The molecule has 5 heteroatoms. The number of nitrogens with one attached hydrogen (secondary N) is 1. The molecular weight excluding hydrogens is 354 g/mol. The molecule has 0 unspecified atom stereocenters. The van der Waals surface area contributed by atoms with E-state index >= 15 is 0 Å². The summed E-state index contributed by atoms with van der Waals surface area (Å²) in [6, 6.07) is 11.8. The van der Waals surface area contributed by atoms with Crippen molar-refractivity contribution in [1.29, 1.82) is 0 Å². The molecule has 2 aromatic rings. The first-order valence-corrected chi connectivity index (χ1v) is 7.67. The molecule has 1 N–H and O–H groups in total. The standard InChI is InChI=1S/C16H17BrClNO2/c1-20-15-8-11(7-13(17)16(15)21-2)9-19-10-12-5-3-4-6-14(12)18/h3-8,19H,9-10H2,1-2H3. The fraction of sp³-hybridized carbons (Fsp3) is 0.250. The van der Waals surface area contributed by atoms with Gasteiger partial charge >= 0.3 is 0 Å². The molecule has 0 fully saturated rings. The summed E-state index contributed by atoms with van der Waals surface area (Å²) in [4.78, 5) is 0. The van der Waals surface area contributed by atoms with Crippen molar-refractivity contribution < 1.29 is 9.47 Å². The maximum Gasteiger partial charge on any atom is 0.174 e. The monoisotopic (exact) mass is 369 g/mol. The van der Waals surface area contributed by atoms with E-state index in [1.807, 2.05) is 36.4 Å². The molecule has 2 rings (SSSR count). The van der Waals surface area contributed by atoms with Gasteiger partial charge in [0.2, 0.25) is 0 Å². The van der Waals surface area contributed by atoms with E-state index in [0.717, 1.165) is 20.6 Å². The predicted molar refractivity (Wildman–Crippen MR) is 89.2 cm³/mol. The normalized spacial score (nSPS) is 10.5. The van der Waals surface area contributed by atoms with Crippen LogP contribution in [0.4, 0.5) is 0 Å². The molecule has 112 valence electrons. The van der Waals surface area contributed by atoms with Crippen LogP contribution in [0, 0.1) is 0 Å². The molecule has 0 aliphatic heterocycles. The lowest BCUT2D eigenvalue weighted by molar-refractivity contribution is 0.352. The quantitative estimate of drug-likeness (QED) is 0.817. The minimum atomic E-state index is 0.701. The Labute approximate surface area is 138 Å². The molecule has 0 aliphatic carbocycles. The molecule has 0 amide bonds. The van der Waals surface area contributed by atoms with Gasteiger partial charge in [-0.25, -0.2) is 0 Å². The average molecular weight is 371 g/mol. The zero-order valence-corrected chi connectivity index (χ0v) is 14.3. The topological polar surface area (TPSA) is 30.5 Å². The maximum atomic E-state index is 6.13. The van der Waals surface area contributed by atoms with Gasteiger partial charge in [-0.2, -0.15) is 0 Å². The van der Waals surface area contributed by atoms with Crippen LogP contribution in [0.2, 0.25) is 5.02 Å². The van der Waals surface area contributed by atoms with Crippen LogP contribution in [0.3, 0.4) is 0 Å². The predicted octanol–water partition coefficient (Wildman–Crippen LogP) is 4.41. The van der Waals surface area contributed by atoms with Crippen molar-refractivity contribution in [3.8, 4) is 11.5 Å². The van der Waals surface area contributed by atoms with Crippen LogP contribution in [0.25, 0.3) is 0 Å². The van der Waals surface area contributed by atoms with Gasteiger partial charge in [0.05, 0.1) is 18.7 Å². The largest absolute Gasteiger partial charge is 0.493 e. The van der Waals surface area contributed by atoms with E-state index in [-0.39, 0.29) is 0 Å². The summed E-state index contributed by atoms with van der Waals surface area (Å²) in [6.45, 7) is 1.43. The molecule has 21 heavy (non-hydrogen) atoms. The van der Waals surface area contributed by atoms with Crippen molar-refractivity contribution in [2.24, 2.45) is 0 Å². The summed E-state index contributed by atoms with van der Waals surface area (Å²) in [5.74, 6) is 1.41. The van der Waals surface area contributed by atoms with Crippen molar-refractivity contribution in [2.45, 2.75) is 13.1 Å². The van der Waals surface area contributed by atoms with Crippen LogP contribution < -0.4 is 14.8 Å². The van der Waals surface area contributed by atoms with Gasteiger partial charge in [0, 0.05) is 18.1 Å². The van der Waals surface area contributed by atoms with E-state index < -0.39 is 0 Å². The van der Waals surface area contributed by atoms with Gasteiger partial charge in [-0.3, -0.25) is 0 Å². The molecule has 0 atom stereocenters. The van der Waals surface area contributed by atoms with E-state index in [9.17, 15) is 0 Å². The molecular formula is C16H17BrClNO2. The van der Waals surface area contributed by atoms with Crippen molar-refractivity contribution in [1.82, 2.24) is 5.32 Å². The molecule has 0 saturated carbocycles. The summed E-state index contributed by atoms with van der Waals surface area (Å²) >= 11 is 9.63. The number of hydrogen-bond acceptors (Lipinski definition) is 3. The van der Waals surface area contributed by atoms with E-state index in [2.05, 4.69) is 21.2 Å². The first-order chi connectivity index (χ1) is 10.2. The Bertz CT molecular complexity index is 619. The number of halogens is 2. The SMILES string of the molecule is COc1cc(CNCc2ccccc2Cl)cc(Br)c1OC. The number of benzene rings is 2.